The van der Waals surface area contributed by atoms with Crippen LogP contribution in [0, 0.1) is 0 Å². The Bertz CT molecular complexity index is 820. The Hall–Kier alpha value is -2.94. The molecule has 0 bridgehead atoms. The average Bonchev–Trinajstić information content (AvgIpc) is 2.72. The quantitative estimate of drug-likeness (QED) is 0.373. The van der Waals surface area contributed by atoms with E-state index in [-0.39, 0.29) is 11.5 Å². The predicted molar refractivity (Wildman–Crippen MR) is 113 cm³/mol. The molecule has 0 heterocycles. The van der Waals surface area contributed by atoms with E-state index in [2.05, 4.69) is 26.0 Å². The second-order valence-electron chi connectivity index (χ2n) is 7.30. The summed E-state index contributed by atoms with van der Waals surface area (Å²) >= 11 is 0. The summed E-state index contributed by atoms with van der Waals surface area (Å²) in [7, 11) is 0. The van der Waals surface area contributed by atoms with Gasteiger partial charge in [0.25, 0.3) is 0 Å². The summed E-state index contributed by atoms with van der Waals surface area (Å²) in [6.45, 7) is 5.07. The van der Waals surface area contributed by atoms with E-state index in [1.165, 1.54) is 12.8 Å². The van der Waals surface area contributed by atoms with Crippen molar-refractivity contribution in [3.8, 4) is 17.2 Å². The normalized spacial score (nSPS) is 11.4. The standard InChI is InChI=1S/C25H28O3/c1-3-4-5-18-28-24-16-10-21(11-17-24)25(2,19-6-12-22(26)13-7-19)20-8-14-23(27)15-9-20/h6-17,26-27H,3-5,18H2,1-2H3. The molecule has 0 atom stereocenters. The molecular weight excluding hydrogens is 348 g/mol. The molecule has 0 aliphatic rings. The first-order valence-corrected chi connectivity index (χ1v) is 9.86. The van der Waals surface area contributed by atoms with Crippen molar-refractivity contribution < 1.29 is 14.9 Å². The van der Waals surface area contributed by atoms with E-state index in [9.17, 15) is 10.2 Å². The first-order valence-electron chi connectivity index (χ1n) is 9.86. The third-order valence-corrected chi connectivity index (χ3v) is 5.34. The van der Waals surface area contributed by atoms with Crippen LogP contribution in [0.4, 0.5) is 0 Å². The maximum atomic E-state index is 9.71. The van der Waals surface area contributed by atoms with Crippen molar-refractivity contribution in [3.63, 3.8) is 0 Å². The monoisotopic (exact) mass is 376 g/mol. The number of hydrogen-bond acceptors (Lipinski definition) is 3. The molecule has 146 valence electrons. The molecule has 2 N–H and O–H groups in total. The third-order valence-electron chi connectivity index (χ3n) is 5.34. The van der Waals surface area contributed by atoms with E-state index in [1.54, 1.807) is 24.3 Å². The Labute approximate surface area is 167 Å². The van der Waals surface area contributed by atoms with Gasteiger partial charge in [-0.05, 0) is 66.4 Å². The molecule has 28 heavy (non-hydrogen) atoms. The summed E-state index contributed by atoms with van der Waals surface area (Å²) in [6, 6.07) is 22.8. The summed E-state index contributed by atoms with van der Waals surface area (Å²) in [5, 5.41) is 19.4. The van der Waals surface area contributed by atoms with Gasteiger partial charge in [0.05, 0.1) is 6.61 Å². The van der Waals surface area contributed by atoms with Gasteiger partial charge in [0.2, 0.25) is 0 Å². The van der Waals surface area contributed by atoms with Crippen LogP contribution < -0.4 is 4.74 Å². The number of phenols is 2. The number of ether oxygens (including phenoxy) is 1. The Balaban J connectivity index is 1.95. The van der Waals surface area contributed by atoms with Gasteiger partial charge in [-0.2, -0.15) is 0 Å². The second kappa shape index (κ2) is 8.83. The highest BCUT2D eigenvalue weighted by molar-refractivity contribution is 5.51. The maximum Gasteiger partial charge on any atom is 0.119 e. The van der Waals surface area contributed by atoms with Crippen LogP contribution in [-0.2, 0) is 5.41 Å². The molecular formula is C25H28O3. The number of aromatic hydroxyl groups is 2. The van der Waals surface area contributed by atoms with Crippen molar-refractivity contribution in [2.75, 3.05) is 6.61 Å². The molecule has 3 rings (SSSR count). The molecule has 0 aliphatic carbocycles. The van der Waals surface area contributed by atoms with Gasteiger partial charge in [-0.1, -0.05) is 56.2 Å². The van der Waals surface area contributed by atoms with Gasteiger partial charge in [0.15, 0.2) is 0 Å². The van der Waals surface area contributed by atoms with Gasteiger partial charge >= 0.3 is 0 Å². The van der Waals surface area contributed by atoms with E-state index in [0.717, 1.165) is 35.5 Å². The number of phenolic OH excluding ortho intramolecular Hbond substituents is 2. The largest absolute Gasteiger partial charge is 0.508 e. The van der Waals surface area contributed by atoms with Gasteiger partial charge in [-0.3, -0.25) is 0 Å². The van der Waals surface area contributed by atoms with Crippen LogP contribution in [0.2, 0.25) is 0 Å². The summed E-state index contributed by atoms with van der Waals surface area (Å²) in [4.78, 5) is 0. The topological polar surface area (TPSA) is 49.7 Å². The van der Waals surface area contributed by atoms with Crippen molar-refractivity contribution in [1.82, 2.24) is 0 Å². The molecule has 0 aliphatic heterocycles. The van der Waals surface area contributed by atoms with Gasteiger partial charge in [-0.25, -0.2) is 0 Å². The number of unbranched alkanes of at least 4 members (excludes halogenated alkanes) is 2. The Morgan fingerprint density at radius 3 is 1.54 bits per heavy atom. The average molecular weight is 376 g/mol. The van der Waals surface area contributed by atoms with Crippen molar-refractivity contribution in [2.45, 2.75) is 38.5 Å². The van der Waals surface area contributed by atoms with E-state index >= 15 is 0 Å². The van der Waals surface area contributed by atoms with Crippen molar-refractivity contribution in [1.29, 1.82) is 0 Å². The van der Waals surface area contributed by atoms with Crippen molar-refractivity contribution >= 4 is 0 Å². The Morgan fingerprint density at radius 2 is 1.11 bits per heavy atom. The highest BCUT2D eigenvalue weighted by Gasteiger charge is 2.31. The first-order chi connectivity index (χ1) is 13.5. The fourth-order valence-corrected chi connectivity index (χ4v) is 3.52. The maximum absolute atomic E-state index is 9.71. The molecule has 0 spiro atoms. The minimum absolute atomic E-state index is 0.243. The summed E-state index contributed by atoms with van der Waals surface area (Å²) in [5.41, 5.74) is 2.81. The molecule has 0 radical (unpaired) electrons. The van der Waals surface area contributed by atoms with Crippen LogP contribution in [-0.4, -0.2) is 16.8 Å². The lowest BCUT2D eigenvalue weighted by molar-refractivity contribution is 0.306. The fourth-order valence-electron chi connectivity index (χ4n) is 3.52. The van der Waals surface area contributed by atoms with Crippen LogP contribution in [0.25, 0.3) is 0 Å². The molecule has 3 aromatic carbocycles. The number of rotatable bonds is 8. The minimum atomic E-state index is -0.428. The lowest BCUT2D eigenvalue weighted by Crippen LogP contribution is -2.25. The Kier molecular flexibility index (Phi) is 6.25. The summed E-state index contributed by atoms with van der Waals surface area (Å²) in [5.74, 6) is 1.36. The molecule has 0 unspecified atom stereocenters. The van der Waals surface area contributed by atoms with E-state index in [0.29, 0.717) is 0 Å². The van der Waals surface area contributed by atoms with E-state index < -0.39 is 5.41 Å². The third kappa shape index (κ3) is 4.30. The van der Waals surface area contributed by atoms with Crippen LogP contribution in [0.15, 0.2) is 72.8 Å². The van der Waals surface area contributed by atoms with Crippen LogP contribution in [0.3, 0.4) is 0 Å². The van der Waals surface area contributed by atoms with Crippen molar-refractivity contribution in [3.05, 3.63) is 89.5 Å². The lowest BCUT2D eigenvalue weighted by atomic mass is 9.71. The van der Waals surface area contributed by atoms with E-state index in [1.807, 2.05) is 36.4 Å². The number of benzene rings is 3. The number of hydrogen-bond donors (Lipinski definition) is 2. The first kappa shape index (κ1) is 19.8. The van der Waals surface area contributed by atoms with Crippen LogP contribution >= 0.6 is 0 Å². The smallest absolute Gasteiger partial charge is 0.119 e. The lowest BCUT2D eigenvalue weighted by Gasteiger charge is -2.32. The summed E-state index contributed by atoms with van der Waals surface area (Å²) < 4.78 is 5.85. The van der Waals surface area contributed by atoms with Gasteiger partial charge in [-0.15, -0.1) is 0 Å². The van der Waals surface area contributed by atoms with Crippen LogP contribution in [0.5, 0.6) is 17.2 Å². The molecule has 0 amide bonds. The molecule has 3 aromatic rings. The highest BCUT2D eigenvalue weighted by Crippen LogP contribution is 2.40. The minimum Gasteiger partial charge on any atom is -0.508 e. The zero-order chi connectivity index (χ0) is 20.0. The van der Waals surface area contributed by atoms with Crippen LogP contribution in [0.1, 0.15) is 49.8 Å². The molecule has 0 saturated carbocycles. The Morgan fingerprint density at radius 1 is 0.679 bits per heavy atom. The van der Waals surface area contributed by atoms with Gasteiger partial charge < -0.3 is 14.9 Å². The molecule has 0 saturated heterocycles. The highest BCUT2D eigenvalue weighted by atomic mass is 16.5. The second-order valence-corrected chi connectivity index (χ2v) is 7.30. The molecule has 3 nitrogen and oxygen atoms in total. The molecule has 0 fully saturated rings. The summed E-state index contributed by atoms with van der Waals surface area (Å²) in [6.07, 6.45) is 3.43. The SMILES string of the molecule is CCCCCOc1ccc(C(C)(c2ccc(O)cc2)c2ccc(O)cc2)cc1. The fraction of sp³-hybridized carbons (Fsp3) is 0.280. The van der Waals surface area contributed by atoms with Gasteiger partial charge in [0, 0.05) is 5.41 Å². The predicted octanol–water partition coefficient (Wildman–Crippen LogP) is 6.02. The van der Waals surface area contributed by atoms with E-state index in [4.69, 9.17) is 4.74 Å². The molecule has 0 aromatic heterocycles. The zero-order valence-corrected chi connectivity index (χ0v) is 16.6. The van der Waals surface area contributed by atoms with Gasteiger partial charge in [0.1, 0.15) is 17.2 Å². The molecule has 3 heteroatoms. The van der Waals surface area contributed by atoms with Crippen molar-refractivity contribution in [2.24, 2.45) is 0 Å². The zero-order valence-electron chi connectivity index (χ0n) is 16.6.